The van der Waals surface area contributed by atoms with Gasteiger partial charge in [0.25, 0.3) is 0 Å². The number of hydrogen-bond donors (Lipinski definition) is 0. The van der Waals surface area contributed by atoms with Crippen LogP contribution in [0.25, 0.3) is 0 Å². The van der Waals surface area contributed by atoms with Gasteiger partial charge in [0.1, 0.15) is 11.1 Å². The smallest absolute Gasteiger partial charge is 0.330 e. The maximum atomic E-state index is 10.9. The van der Waals surface area contributed by atoms with Crippen LogP contribution in [0.3, 0.4) is 0 Å². The normalized spacial score (nSPS) is 10.3. The second-order valence-corrected chi connectivity index (χ2v) is 4.62. The number of pyridine rings is 1. The van der Waals surface area contributed by atoms with Gasteiger partial charge in [0, 0.05) is 17.5 Å². The highest BCUT2D eigenvalue weighted by molar-refractivity contribution is 7.99. The highest BCUT2D eigenvalue weighted by Gasteiger charge is 2.08. The van der Waals surface area contributed by atoms with Crippen molar-refractivity contribution in [2.75, 3.05) is 12.9 Å². The Hall–Kier alpha value is -1.80. The van der Waals surface area contributed by atoms with E-state index in [9.17, 15) is 4.79 Å². The average Bonchev–Trinajstić information content (AvgIpc) is 2.33. The highest BCUT2D eigenvalue weighted by atomic mass is 32.2. The van der Waals surface area contributed by atoms with E-state index in [-0.39, 0.29) is 5.97 Å². The minimum Gasteiger partial charge on any atom is -0.466 e. The van der Waals surface area contributed by atoms with E-state index in [0.29, 0.717) is 16.3 Å². The Bertz CT molecular complexity index is 518. The van der Waals surface area contributed by atoms with Crippen LogP contribution in [-0.4, -0.2) is 23.8 Å². The predicted molar refractivity (Wildman–Crippen MR) is 70.3 cm³/mol. The first kappa shape index (κ1) is 14.3. The standard InChI is InChI=1S/C13H14N2O2S/c1-9-7-10(2)15-13(11(9)8-14)18-6-4-5-12(16)17-3/h4-5,7H,6H2,1-3H3/b5-4+. The molecule has 0 atom stereocenters. The molecule has 0 aliphatic rings. The Morgan fingerprint density at radius 2 is 2.33 bits per heavy atom. The molecule has 18 heavy (non-hydrogen) atoms. The van der Waals surface area contributed by atoms with Crippen LogP contribution < -0.4 is 0 Å². The molecule has 0 fully saturated rings. The van der Waals surface area contributed by atoms with Gasteiger partial charge in [-0.2, -0.15) is 5.26 Å². The van der Waals surface area contributed by atoms with Gasteiger partial charge in [0.2, 0.25) is 0 Å². The van der Waals surface area contributed by atoms with Gasteiger partial charge >= 0.3 is 5.97 Å². The zero-order chi connectivity index (χ0) is 13.5. The zero-order valence-corrected chi connectivity index (χ0v) is 11.4. The van der Waals surface area contributed by atoms with Crippen LogP contribution in [0.2, 0.25) is 0 Å². The number of carbonyl (C=O) groups excluding carboxylic acids is 1. The summed E-state index contributed by atoms with van der Waals surface area (Å²) in [5.41, 5.74) is 2.40. The Morgan fingerprint density at radius 3 is 2.94 bits per heavy atom. The van der Waals surface area contributed by atoms with Crippen molar-refractivity contribution < 1.29 is 9.53 Å². The van der Waals surface area contributed by atoms with Gasteiger partial charge in [-0.3, -0.25) is 0 Å². The number of carbonyl (C=O) groups is 1. The van der Waals surface area contributed by atoms with Crippen molar-refractivity contribution in [2.45, 2.75) is 18.9 Å². The van der Waals surface area contributed by atoms with E-state index in [0.717, 1.165) is 11.3 Å². The van der Waals surface area contributed by atoms with E-state index in [1.54, 1.807) is 6.08 Å². The largest absolute Gasteiger partial charge is 0.466 e. The fourth-order valence-electron chi connectivity index (χ4n) is 1.38. The van der Waals surface area contributed by atoms with Gasteiger partial charge in [-0.15, -0.1) is 11.8 Å². The number of nitriles is 1. The number of ether oxygens (including phenoxy) is 1. The number of aromatic nitrogens is 1. The van der Waals surface area contributed by atoms with Crippen LogP contribution in [0.1, 0.15) is 16.8 Å². The summed E-state index contributed by atoms with van der Waals surface area (Å²) in [6.07, 6.45) is 3.05. The first-order chi connectivity index (χ1) is 8.58. The summed E-state index contributed by atoms with van der Waals surface area (Å²) in [5, 5.41) is 9.78. The summed E-state index contributed by atoms with van der Waals surface area (Å²) >= 11 is 1.42. The fourth-order valence-corrected chi connectivity index (χ4v) is 2.29. The van der Waals surface area contributed by atoms with E-state index in [4.69, 9.17) is 5.26 Å². The molecule has 0 N–H and O–H groups in total. The van der Waals surface area contributed by atoms with Gasteiger partial charge < -0.3 is 4.74 Å². The molecule has 0 amide bonds. The Morgan fingerprint density at radius 1 is 1.61 bits per heavy atom. The minimum absolute atomic E-state index is 0.385. The Balaban J connectivity index is 2.76. The minimum atomic E-state index is -0.385. The monoisotopic (exact) mass is 262 g/mol. The van der Waals surface area contributed by atoms with Gasteiger partial charge in [-0.05, 0) is 25.5 Å². The summed E-state index contributed by atoms with van der Waals surface area (Å²) in [7, 11) is 1.33. The molecular weight excluding hydrogens is 248 g/mol. The molecule has 0 unspecified atom stereocenters. The lowest BCUT2D eigenvalue weighted by atomic mass is 10.1. The Kier molecular flexibility index (Phi) is 5.40. The van der Waals surface area contributed by atoms with E-state index < -0.39 is 0 Å². The molecule has 0 saturated carbocycles. The lowest BCUT2D eigenvalue weighted by Gasteiger charge is -2.05. The number of esters is 1. The number of thioether (sulfide) groups is 1. The molecule has 4 nitrogen and oxygen atoms in total. The van der Waals surface area contributed by atoms with Crippen LogP contribution >= 0.6 is 11.8 Å². The molecule has 0 aliphatic carbocycles. The molecule has 1 aromatic rings. The summed E-state index contributed by atoms with van der Waals surface area (Å²) in [4.78, 5) is 15.2. The molecule has 0 bridgehead atoms. The molecule has 0 spiro atoms. The third-order valence-corrected chi connectivity index (χ3v) is 3.12. The van der Waals surface area contributed by atoms with Crippen molar-refractivity contribution in [1.82, 2.24) is 4.98 Å². The van der Waals surface area contributed by atoms with Crippen LogP contribution in [-0.2, 0) is 9.53 Å². The first-order valence-electron chi connectivity index (χ1n) is 5.34. The van der Waals surface area contributed by atoms with Crippen molar-refractivity contribution >= 4 is 17.7 Å². The SMILES string of the molecule is COC(=O)/C=C/CSc1nc(C)cc(C)c1C#N. The van der Waals surface area contributed by atoms with Gasteiger partial charge in [0.05, 0.1) is 12.7 Å². The molecule has 5 heteroatoms. The molecule has 0 aromatic carbocycles. The number of hydrogen-bond acceptors (Lipinski definition) is 5. The molecule has 0 radical (unpaired) electrons. The average molecular weight is 262 g/mol. The Labute approximate surface area is 111 Å². The first-order valence-corrected chi connectivity index (χ1v) is 6.32. The van der Waals surface area contributed by atoms with Crippen molar-refractivity contribution in [3.05, 3.63) is 35.0 Å². The van der Waals surface area contributed by atoms with E-state index in [2.05, 4.69) is 15.8 Å². The summed E-state index contributed by atoms with van der Waals surface area (Å²) in [6.45, 7) is 3.78. The number of methoxy groups -OCH3 is 1. The molecule has 1 rings (SSSR count). The maximum Gasteiger partial charge on any atom is 0.330 e. The lowest BCUT2D eigenvalue weighted by molar-refractivity contribution is -0.134. The maximum absolute atomic E-state index is 10.9. The van der Waals surface area contributed by atoms with Crippen molar-refractivity contribution in [2.24, 2.45) is 0 Å². The lowest BCUT2D eigenvalue weighted by Crippen LogP contribution is -1.96. The van der Waals surface area contributed by atoms with Gasteiger partial charge in [0.15, 0.2) is 0 Å². The van der Waals surface area contributed by atoms with Crippen molar-refractivity contribution in [3.63, 3.8) is 0 Å². The number of nitrogens with zero attached hydrogens (tertiary/aromatic N) is 2. The third kappa shape index (κ3) is 3.90. The molecule has 1 aromatic heterocycles. The van der Waals surface area contributed by atoms with Crippen LogP contribution in [0, 0.1) is 25.2 Å². The van der Waals surface area contributed by atoms with Crippen molar-refractivity contribution in [1.29, 1.82) is 5.26 Å². The fraction of sp³-hybridized carbons (Fsp3) is 0.308. The molecular formula is C13H14N2O2S. The molecule has 0 saturated heterocycles. The van der Waals surface area contributed by atoms with Gasteiger partial charge in [-0.1, -0.05) is 6.08 Å². The summed E-state index contributed by atoms with van der Waals surface area (Å²) in [5.74, 6) is 0.184. The molecule has 1 heterocycles. The highest BCUT2D eigenvalue weighted by Crippen LogP contribution is 2.23. The molecule has 0 aliphatic heterocycles. The second kappa shape index (κ2) is 6.82. The predicted octanol–water partition coefficient (Wildman–Crippen LogP) is 2.39. The third-order valence-electron chi connectivity index (χ3n) is 2.19. The van der Waals surface area contributed by atoms with E-state index >= 15 is 0 Å². The van der Waals surface area contributed by atoms with Crippen LogP contribution in [0.15, 0.2) is 23.2 Å². The van der Waals surface area contributed by atoms with Crippen molar-refractivity contribution in [3.8, 4) is 6.07 Å². The summed E-state index contributed by atoms with van der Waals surface area (Å²) < 4.78 is 4.48. The number of rotatable bonds is 4. The number of aryl methyl sites for hydroxylation is 2. The molecule has 94 valence electrons. The quantitative estimate of drug-likeness (QED) is 0.473. The van der Waals surface area contributed by atoms with Crippen LogP contribution in [0.5, 0.6) is 0 Å². The van der Waals surface area contributed by atoms with E-state index in [1.165, 1.54) is 24.9 Å². The topological polar surface area (TPSA) is 63.0 Å². The van der Waals surface area contributed by atoms with Gasteiger partial charge in [-0.25, -0.2) is 9.78 Å². The second-order valence-electron chi connectivity index (χ2n) is 3.61. The van der Waals surface area contributed by atoms with Crippen LogP contribution in [0.4, 0.5) is 0 Å². The van der Waals surface area contributed by atoms with E-state index in [1.807, 2.05) is 19.9 Å². The zero-order valence-electron chi connectivity index (χ0n) is 10.6. The summed E-state index contributed by atoms with van der Waals surface area (Å²) in [6, 6.07) is 4.03.